The highest BCUT2D eigenvalue weighted by molar-refractivity contribution is 5.94. The highest BCUT2D eigenvalue weighted by Crippen LogP contribution is 2.20. The van der Waals surface area contributed by atoms with Crippen molar-refractivity contribution in [3.8, 4) is 0 Å². The van der Waals surface area contributed by atoms with Crippen LogP contribution in [-0.4, -0.2) is 51.4 Å². The van der Waals surface area contributed by atoms with Crippen LogP contribution in [0.4, 0.5) is 0 Å². The van der Waals surface area contributed by atoms with E-state index in [-0.39, 0.29) is 24.5 Å². The summed E-state index contributed by atoms with van der Waals surface area (Å²) in [5, 5.41) is 17.1. The molecule has 6 heteroatoms. The minimum absolute atomic E-state index is 0.0524. The molecular formula is C19H26N4O2. The minimum Gasteiger partial charge on any atom is -0.396 e. The molecule has 2 N–H and O–H groups in total. The van der Waals surface area contributed by atoms with E-state index < -0.39 is 0 Å². The average molecular weight is 342 g/mol. The van der Waals surface area contributed by atoms with E-state index in [4.69, 9.17) is 0 Å². The van der Waals surface area contributed by atoms with Gasteiger partial charge in [0.2, 0.25) is 0 Å². The molecule has 1 aromatic carbocycles. The molecule has 1 aromatic heterocycles. The van der Waals surface area contributed by atoms with Crippen molar-refractivity contribution in [2.24, 2.45) is 13.0 Å². The molecular weight excluding hydrogens is 316 g/mol. The Labute approximate surface area is 148 Å². The molecule has 134 valence electrons. The molecule has 1 aliphatic rings. The van der Waals surface area contributed by atoms with E-state index in [2.05, 4.69) is 22.2 Å². The average Bonchev–Trinajstić information content (AvgIpc) is 2.95. The third-order valence-corrected chi connectivity index (χ3v) is 5.16. The molecule has 1 aliphatic heterocycles. The Bertz CT molecular complexity index is 713. The van der Waals surface area contributed by atoms with Crippen LogP contribution < -0.4 is 5.32 Å². The SMILES string of the molecule is Cc1c(CN2CCC(CO)C(NC(=O)c3ccccc3)C2)cnn1C. The number of nitrogens with one attached hydrogen (secondary N) is 1. The third kappa shape index (κ3) is 4.08. The molecule has 0 aliphatic carbocycles. The van der Waals surface area contributed by atoms with Crippen LogP contribution in [0, 0.1) is 12.8 Å². The molecule has 0 radical (unpaired) electrons. The number of hydrogen-bond donors (Lipinski definition) is 2. The molecule has 0 bridgehead atoms. The first kappa shape index (κ1) is 17.6. The van der Waals surface area contributed by atoms with E-state index in [9.17, 15) is 9.90 Å². The van der Waals surface area contributed by atoms with Crippen molar-refractivity contribution < 1.29 is 9.90 Å². The molecule has 0 saturated carbocycles. The Kier molecular flexibility index (Phi) is 5.50. The van der Waals surface area contributed by atoms with Gasteiger partial charge in [-0.1, -0.05) is 18.2 Å². The van der Waals surface area contributed by atoms with Crippen LogP contribution in [0.25, 0.3) is 0 Å². The van der Waals surface area contributed by atoms with Crippen LogP contribution in [0.1, 0.15) is 28.0 Å². The standard InChI is InChI=1S/C19H26N4O2/c1-14-17(10-20-22(14)2)11-23-9-8-16(13-24)18(12-23)21-19(25)15-6-4-3-5-7-15/h3-7,10,16,18,24H,8-9,11-13H2,1-2H3,(H,21,25). The Morgan fingerprint density at radius 1 is 1.36 bits per heavy atom. The molecule has 2 aromatic rings. The van der Waals surface area contributed by atoms with Crippen LogP contribution in [0.2, 0.25) is 0 Å². The number of aliphatic hydroxyl groups excluding tert-OH is 1. The maximum absolute atomic E-state index is 12.5. The zero-order valence-electron chi connectivity index (χ0n) is 14.9. The molecule has 6 nitrogen and oxygen atoms in total. The van der Waals surface area contributed by atoms with Gasteiger partial charge in [0.25, 0.3) is 5.91 Å². The summed E-state index contributed by atoms with van der Waals surface area (Å²) in [5.41, 5.74) is 3.02. The largest absolute Gasteiger partial charge is 0.396 e. The van der Waals surface area contributed by atoms with Crippen molar-refractivity contribution in [1.82, 2.24) is 20.0 Å². The van der Waals surface area contributed by atoms with Gasteiger partial charge < -0.3 is 10.4 Å². The van der Waals surface area contributed by atoms with E-state index in [1.807, 2.05) is 48.3 Å². The molecule has 25 heavy (non-hydrogen) atoms. The number of carbonyl (C=O) groups is 1. The summed E-state index contributed by atoms with van der Waals surface area (Å²) in [6.45, 7) is 4.63. The number of carbonyl (C=O) groups excluding carboxylic acids is 1. The van der Waals surface area contributed by atoms with Crippen molar-refractivity contribution in [3.05, 3.63) is 53.3 Å². The van der Waals surface area contributed by atoms with Gasteiger partial charge in [-0.15, -0.1) is 0 Å². The fourth-order valence-electron chi connectivity index (χ4n) is 3.38. The Morgan fingerprint density at radius 2 is 2.12 bits per heavy atom. The van der Waals surface area contributed by atoms with Gasteiger partial charge in [0, 0.05) is 55.5 Å². The van der Waals surface area contributed by atoms with Gasteiger partial charge in [-0.25, -0.2) is 0 Å². The normalized spacial score (nSPS) is 21.2. The lowest BCUT2D eigenvalue weighted by Crippen LogP contribution is -2.53. The lowest BCUT2D eigenvalue weighted by atomic mass is 9.91. The first-order valence-corrected chi connectivity index (χ1v) is 8.75. The fourth-order valence-corrected chi connectivity index (χ4v) is 3.38. The second-order valence-corrected chi connectivity index (χ2v) is 6.79. The number of hydrogen-bond acceptors (Lipinski definition) is 4. The van der Waals surface area contributed by atoms with Gasteiger partial charge in [0.1, 0.15) is 0 Å². The van der Waals surface area contributed by atoms with Crippen molar-refractivity contribution in [2.45, 2.75) is 25.9 Å². The minimum atomic E-state index is -0.0801. The number of aromatic nitrogens is 2. The summed E-state index contributed by atoms with van der Waals surface area (Å²) >= 11 is 0. The number of aryl methyl sites for hydroxylation is 1. The quantitative estimate of drug-likeness (QED) is 0.860. The maximum atomic E-state index is 12.5. The van der Waals surface area contributed by atoms with E-state index >= 15 is 0 Å². The molecule has 2 heterocycles. The summed E-state index contributed by atoms with van der Waals surface area (Å²) in [7, 11) is 1.94. The van der Waals surface area contributed by atoms with E-state index in [0.29, 0.717) is 5.56 Å². The predicted molar refractivity (Wildman–Crippen MR) is 96.1 cm³/mol. The monoisotopic (exact) mass is 342 g/mol. The number of amides is 1. The Morgan fingerprint density at radius 3 is 2.76 bits per heavy atom. The topological polar surface area (TPSA) is 70.4 Å². The van der Waals surface area contributed by atoms with Crippen molar-refractivity contribution >= 4 is 5.91 Å². The number of aliphatic hydroxyl groups is 1. The molecule has 3 rings (SSSR count). The van der Waals surface area contributed by atoms with Gasteiger partial charge in [0.05, 0.1) is 6.20 Å². The molecule has 1 saturated heterocycles. The number of benzene rings is 1. The summed E-state index contributed by atoms with van der Waals surface area (Å²) < 4.78 is 1.88. The maximum Gasteiger partial charge on any atom is 0.251 e. The number of likely N-dealkylation sites (tertiary alicyclic amines) is 1. The lowest BCUT2D eigenvalue weighted by Gasteiger charge is -2.38. The Balaban J connectivity index is 1.66. The van der Waals surface area contributed by atoms with Crippen molar-refractivity contribution in [3.63, 3.8) is 0 Å². The molecule has 1 amide bonds. The summed E-state index contributed by atoms with van der Waals surface area (Å²) in [5.74, 6) is 0.0161. The number of rotatable bonds is 5. The van der Waals surface area contributed by atoms with Crippen LogP contribution in [0.15, 0.2) is 36.5 Å². The summed E-state index contributed by atoms with van der Waals surface area (Å²) in [6, 6.07) is 9.18. The molecule has 1 fully saturated rings. The van der Waals surface area contributed by atoms with Gasteiger partial charge >= 0.3 is 0 Å². The number of piperidine rings is 1. The summed E-state index contributed by atoms with van der Waals surface area (Å²) in [6.07, 6.45) is 2.78. The second kappa shape index (κ2) is 7.80. The van der Waals surface area contributed by atoms with Gasteiger partial charge in [0.15, 0.2) is 0 Å². The van der Waals surface area contributed by atoms with Crippen LogP contribution in [-0.2, 0) is 13.6 Å². The van der Waals surface area contributed by atoms with E-state index in [1.165, 1.54) is 5.56 Å². The van der Waals surface area contributed by atoms with E-state index in [0.717, 1.165) is 31.7 Å². The number of nitrogens with zero attached hydrogens (tertiary/aromatic N) is 3. The van der Waals surface area contributed by atoms with Gasteiger partial charge in [-0.3, -0.25) is 14.4 Å². The van der Waals surface area contributed by atoms with Crippen molar-refractivity contribution in [1.29, 1.82) is 0 Å². The molecule has 0 spiro atoms. The molecule has 2 atom stereocenters. The third-order valence-electron chi connectivity index (χ3n) is 5.16. The first-order chi connectivity index (χ1) is 12.1. The zero-order valence-corrected chi connectivity index (χ0v) is 14.9. The fraction of sp³-hybridized carbons (Fsp3) is 0.474. The van der Waals surface area contributed by atoms with Crippen molar-refractivity contribution in [2.75, 3.05) is 19.7 Å². The highest BCUT2D eigenvalue weighted by atomic mass is 16.3. The smallest absolute Gasteiger partial charge is 0.251 e. The van der Waals surface area contributed by atoms with Gasteiger partial charge in [-0.05, 0) is 32.0 Å². The first-order valence-electron chi connectivity index (χ1n) is 8.75. The van der Waals surface area contributed by atoms with Crippen LogP contribution in [0.3, 0.4) is 0 Å². The van der Waals surface area contributed by atoms with Gasteiger partial charge in [-0.2, -0.15) is 5.10 Å². The van der Waals surface area contributed by atoms with E-state index in [1.54, 1.807) is 0 Å². The summed E-state index contributed by atoms with van der Waals surface area (Å²) in [4.78, 5) is 14.8. The second-order valence-electron chi connectivity index (χ2n) is 6.79. The van der Waals surface area contributed by atoms with Crippen LogP contribution in [0.5, 0.6) is 0 Å². The predicted octanol–water partition coefficient (Wildman–Crippen LogP) is 1.34. The molecule has 2 unspecified atom stereocenters. The lowest BCUT2D eigenvalue weighted by molar-refractivity contribution is 0.0730. The van der Waals surface area contributed by atoms with Crippen LogP contribution >= 0.6 is 0 Å². The Hall–Kier alpha value is -2.18. The zero-order chi connectivity index (χ0) is 17.8. The highest BCUT2D eigenvalue weighted by Gasteiger charge is 2.30.